The van der Waals surface area contributed by atoms with Crippen LogP contribution in [0.2, 0.25) is 5.02 Å². The van der Waals surface area contributed by atoms with Crippen molar-refractivity contribution >= 4 is 44.6 Å². The normalized spacial score (nSPS) is 11.4. The summed E-state index contributed by atoms with van der Waals surface area (Å²) in [7, 11) is -0.492. The maximum absolute atomic E-state index is 12.8. The van der Waals surface area contributed by atoms with Gasteiger partial charge in [-0.15, -0.1) is 11.3 Å². The van der Waals surface area contributed by atoms with Gasteiger partial charge in [-0.2, -0.15) is 4.98 Å². The third-order valence-corrected chi connectivity index (χ3v) is 6.37. The zero-order valence-electron chi connectivity index (χ0n) is 15.3. The maximum atomic E-state index is 12.8. The summed E-state index contributed by atoms with van der Waals surface area (Å²) >= 11 is 7.65. The molecule has 8 nitrogen and oxygen atoms in total. The number of carbonyl (C=O) groups excluding carboxylic acids is 1. The van der Waals surface area contributed by atoms with Gasteiger partial charge in [0.25, 0.3) is 5.91 Å². The number of anilines is 1. The van der Waals surface area contributed by atoms with Gasteiger partial charge in [-0.3, -0.25) is 9.10 Å². The van der Waals surface area contributed by atoms with Crippen LogP contribution in [0.4, 0.5) is 5.69 Å². The van der Waals surface area contributed by atoms with Gasteiger partial charge in [0.15, 0.2) is 0 Å². The van der Waals surface area contributed by atoms with E-state index in [1.807, 2.05) is 17.5 Å². The van der Waals surface area contributed by atoms with Crippen molar-refractivity contribution in [2.24, 2.45) is 0 Å². The van der Waals surface area contributed by atoms with E-state index in [0.29, 0.717) is 11.5 Å². The first-order valence-corrected chi connectivity index (χ1v) is 11.1. The second-order valence-electron chi connectivity index (χ2n) is 6.04. The highest BCUT2D eigenvalue weighted by Gasteiger charge is 2.21. The van der Waals surface area contributed by atoms with E-state index in [2.05, 4.69) is 10.1 Å². The number of carbonyl (C=O) groups is 1. The minimum Gasteiger partial charge on any atom is -0.337 e. The number of hydrogen-bond acceptors (Lipinski definition) is 7. The van der Waals surface area contributed by atoms with Crippen molar-refractivity contribution in [2.45, 2.75) is 6.54 Å². The molecule has 148 valence electrons. The van der Waals surface area contributed by atoms with Gasteiger partial charge in [-0.1, -0.05) is 22.8 Å². The lowest BCUT2D eigenvalue weighted by molar-refractivity contribution is 0.0770. The van der Waals surface area contributed by atoms with E-state index < -0.39 is 15.9 Å². The lowest BCUT2D eigenvalue weighted by Gasteiger charge is -2.20. The number of halogens is 1. The Hall–Kier alpha value is -2.43. The minimum absolute atomic E-state index is 0.0830. The molecule has 0 saturated heterocycles. The van der Waals surface area contributed by atoms with Crippen LogP contribution in [0.3, 0.4) is 0 Å². The summed E-state index contributed by atoms with van der Waals surface area (Å²) in [6, 6.07) is 8.21. The molecule has 0 atom stereocenters. The number of amides is 1. The number of thiophene rings is 1. The van der Waals surface area contributed by atoms with Crippen LogP contribution in [-0.4, -0.2) is 49.7 Å². The van der Waals surface area contributed by atoms with Crippen LogP contribution < -0.4 is 4.31 Å². The molecule has 3 rings (SSSR count). The van der Waals surface area contributed by atoms with Gasteiger partial charge in [0, 0.05) is 14.1 Å². The molecule has 28 heavy (non-hydrogen) atoms. The van der Waals surface area contributed by atoms with E-state index >= 15 is 0 Å². The van der Waals surface area contributed by atoms with E-state index in [9.17, 15) is 13.2 Å². The van der Waals surface area contributed by atoms with Crippen molar-refractivity contribution in [3.8, 4) is 10.7 Å². The number of sulfonamides is 1. The topological polar surface area (TPSA) is 96.6 Å². The molecule has 0 spiro atoms. The predicted octanol–water partition coefficient (Wildman–Crippen LogP) is 3.12. The number of rotatable bonds is 6. The molecule has 0 fully saturated rings. The van der Waals surface area contributed by atoms with Gasteiger partial charge in [0.1, 0.15) is 0 Å². The molecular formula is C17H17ClN4O4S2. The lowest BCUT2D eigenvalue weighted by Crippen LogP contribution is -2.28. The first kappa shape index (κ1) is 20.3. The summed E-state index contributed by atoms with van der Waals surface area (Å²) in [6.07, 6.45) is 1.08. The van der Waals surface area contributed by atoms with E-state index in [1.165, 1.54) is 41.5 Å². The molecule has 0 bridgehead atoms. The molecule has 2 heterocycles. The van der Waals surface area contributed by atoms with Crippen LogP contribution in [-0.2, 0) is 16.6 Å². The minimum atomic E-state index is -3.47. The van der Waals surface area contributed by atoms with E-state index in [4.69, 9.17) is 16.1 Å². The van der Waals surface area contributed by atoms with E-state index in [-0.39, 0.29) is 23.0 Å². The first-order valence-electron chi connectivity index (χ1n) is 8.02. The Balaban J connectivity index is 1.80. The van der Waals surface area contributed by atoms with Crippen molar-refractivity contribution in [1.29, 1.82) is 0 Å². The first-order chi connectivity index (χ1) is 13.2. The largest absolute Gasteiger partial charge is 0.337 e. The van der Waals surface area contributed by atoms with Crippen LogP contribution in [0.1, 0.15) is 16.2 Å². The lowest BCUT2D eigenvalue weighted by atomic mass is 10.1. The van der Waals surface area contributed by atoms with Crippen molar-refractivity contribution in [1.82, 2.24) is 15.0 Å². The molecule has 0 N–H and O–H groups in total. The molecule has 11 heteroatoms. The average Bonchev–Trinajstić information content (AvgIpc) is 3.31. The Kier molecular flexibility index (Phi) is 5.73. The standard InChI is InChI=1S/C17H17ClN4O4S2/c1-21(10-15-19-16(20-26-15)14-5-4-8-27-14)17(23)12-9-11(6-7-13(12)18)22(2)28(3,24)25/h4-9H,10H2,1-3H3. The number of benzene rings is 1. The molecule has 0 radical (unpaired) electrons. The van der Waals surface area contributed by atoms with Gasteiger partial charge >= 0.3 is 0 Å². The van der Waals surface area contributed by atoms with Crippen LogP contribution >= 0.6 is 22.9 Å². The molecule has 0 unspecified atom stereocenters. The zero-order valence-corrected chi connectivity index (χ0v) is 17.7. The van der Waals surface area contributed by atoms with Crippen molar-refractivity contribution < 1.29 is 17.7 Å². The van der Waals surface area contributed by atoms with Crippen LogP contribution in [0, 0.1) is 0 Å². The van der Waals surface area contributed by atoms with Crippen molar-refractivity contribution in [3.63, 3.8) is 0 Å². The Bertz CT molecular complexity index is 1100. The molecule has 0 aliphatic heterocycles. The summed E-state index contributed by atoms with van der Waals surface area (Å²) in [5.74, 6) is 0.338. The van der Waals surface area contributed by atoms with Gasteiger partial charge < -0.3 is 9.42 Å². The highest BCUT2D eigenvalue weighted by atomic mass is 35.5. The highest BCUT2D eigenvalue weighted by Crippen LogP contribution is 2.26. The summed E-state index contributed by atoms with van der Waals surface area (Å²) in [5, 5.41) is 6.03. The van der Waals surface area contributed by atoms with Crippen molar-refractivity contribution in [2.75, 3.05) is 24.7 Å². The molecule has 0 saturated carbocycles. The monoisotopic (exact) mass is 440 g/mol. The Morgan fingerprint density at radius 3 is 2.68 bits per heavy atom. The average molecular weight is 441 g/mol. The molecule has 2 aromatic heterocycles. The van der Waals surface area contributed by atoms with Gasteiger partial charge in [0.2, 0.25) is 21.7 Å². The predicted molar refractivity (Wildman–Crippen MR) is 108 cm³/mol. The quantitative estimate of drug-likeness (QED) is 0.584. The summed E-state index contributed by atoms with van der Waals surface area (Å²) in [4.78, 5) is 19.3. The second kappa shape index (κ2) is 7.90. The third kappa shape index (κ3) is 4.34. The Morgan fingerprint density at radius 2 is 2.04 bits per heavy atom. The maximum Gasteiger partial charge on any atom is 0.255 e. The zero-order chi connectivity index (χ0) is 20.5. The number of nitrogens with zero attached hydrogens (tertiary/aromatic N) is 4. The van der Waals surface area contributed by atoms with Crippen molar-refractivity contribution in [3.05, 3.63) is 52.2 Å². The van der Waals surface area contributed by atoms with Gasteiger partial charge in [-0.05, 0) is 29.6 Å². The molecular weight excluding hydrogens is 424 g/mol. The fourth-order valence-corrected chi connectivity index (χ4v) is 3.71. The van der Waals surface area contributed by atoms with Gasteiger partial charge in [0.05, 0.1) is 34.0 Å². The van der Waals surface area contributed by atoms with Crippen LogP contribution in [0.25, 0.3) is 10.7 Å². The van der Waals surface area contributed by atoms with Crippen LogP contribution in [0.5, 0.6) is 0 Å². The summed E-state index contributed by atoms with van der Waals surface area (Å²) in [6.45, 7) is 0.0830. The molecule has 0 aliphatic rings. The van der Waals surface area contributed by atoms with Crippen LogP contribution in [0.15, 0.2) is 40.2 Å². The third-order valence-electron chi connectivity index (χ3n) is 3.97. The second-order valence-corrected chi connectivity index (χ2v) is 9.41. The van der Waals surface area contributed by atoms with E-state index in [0.717, 1.165) is 15.4 Å². The highest BCUT2D eigenvalue weighted by molar-refractivity contribution is 7.92. The number of hydrogen-bond donors (Lipinski definition) is 0. The fourth-order valence-electron chi connectivity index (χ4n) is 2.37. The summed E-state index contributed by atoms with van der Waals surface area (Å²) in [5.41, 5.74) is 0.511. The number of aromatic nitrogens is 2. The fraction of sp³-hybridized carbons (Fsp3) is 0.235. The molecule has 3 aromatic rings. The Morgan fingerprint density at radius 1 is 1.29 bits per heavy atom. The molecule has 0 aliphatic carbocycles. The summed E-state index contributed by atoms with van der Waals surface area (Å²) < 4.78 is 29.8. The van der Waals surface area contributed by atoms with E-state index in [1.54, 1.807) is 7.05 Å². The smallest absolute Gasteiger partial charge is 0.255 e. The molecule has 1 amide bonds. The van der Waals surface area contributed by atoms with Gasteiger partial charge in [-0.25, -0.2) is 8.42 Å². The Labute approximate surface area is 171 Å². The molecule has 1 aromatic carbocycles. The SMILES string of the molecule is CN(Cc1nc(-c2cccs2)no1)C(=O)c1cc(N(C)S(C)(=O)=O)ccc1Cl.